The van der Waals surface area contributed by atoms with Crippen molar-refractivity contribution in [1.82, 2.24) is 0 Å². The molecule has 0 saturated heterocycles. The van der Waals surface area contributed by atoms with Gasteiger partial charge in [0.05, 0.1) is 0 Å². The summed E-state index contributed by atoms with van der Waals surface area (Å²) in [7, 11) is 0. The van der Waals surface area contributed by atoms with Gasteiger partial charge in [-0.3, -0.25) is 0 Å². The third-order valence-corrected chi connectivity index (χ3v) is 3.77. The van der Waals surface area contributed by atoms with Crippen molar-refractivity contribution in [2.24, 2.45) is 0 Å². The molecule has 0 heteroatoms. The van der Waals surface area contributed by atoms with E-state index >= 15 is 0 Å². The first-order valence-electron chi connectivity index (χ1n) is 6.89. The molecule has 0 amide bonds. The van der Waals surface area contributed by atoms with Crippen LogP contribution in [0, 0.1) is 48.5 Å². The van der Waals surface area contributed by atoms with Crippen molar-refractivity contribution in [3.05, 3.63) is 69.3 Å². The highest BCUT2D eigenvalue weighted by Gasteiger charge is 1.95. The van der Waals surface area contributed by atoms with Gasteiger partial charge in [-0.15, -0.1) is 0 Å². The second-order valence-corrected chi connectivity index (χ2v) is 5.61. The largest absolute Gasteiger partial charge is 0.0590 e. The van der Waals surface area contributed by atoms with Crippen molar-refractivity contribution in [2.45, 2.75) is 48.5 Å². The maximum absolute atomic E-state index is 2.24. The van der Waals surface area contributed by atoms with Gasteiger partial charge in [0.1, 0.15) is 0 Å². The van der Waals surface area contributed by atoms with Crippen molar-refractivity contribution < 1.29 is 0 Å². The Bertz CT molecular complexity index is 512. The van der Waals surface area contributed by atoms with Gasteiger partial charge in [0, 0.05) is 0 Å². The van der Waals surface area contributed by atoms with Gasteiger partial charge in [0.25, 0.3) is 0 Å². The summed E-state index contributed by atoms with van der Waals surface area (Å²) >= 11 is 0. The summed E-state index contributed by atoms with van der Waals surface area (Å²) in [6.45, 7) is 15.0. The first-order chi connectivity index (χ1) is 8.81. The quantitative estimate of drug-likeness (QED) is 0.579. The lowest BCUT2D eigenvalue weighted by atomic mass is 10.0. The minimum atomic E-state index is 1.35. The Hall–Kier alpha value is -1.56. The van der Waals surface area contributed by atoms with Gasteiger partial charge in [-0.05, 0) is 81.8 Å². The first-order valence-corrected chi connectivity index (χ1v) is 6.89. The molecule has 0 fully saturated rings. The lowest BCUT2D eigenvalue weighted by Crippen LogP contribution is -1.86. The van der Waals surface area contributed by atoms with E-state index in [0.29, 0.717) is 0 Å². The fraction of sp³-hybridized carbons (Fsp3) is 0.368. The van der Waals surface area contributed by atoms with Gasteiger partial charge in [0.15, 0.2) is 0 Å². The van der Waals surface area contributed by atoms with Crippen LogP contribution >= 0.6 is 0 Å². The molecule has 0 aromatic heterocycles. The van der Waals surface area contributed by atoms with Crippen LogP contribution in [0.5, 0.6) is 0 Å². The molecule has 0 unspecified atom stereocenters. The van der Waals surface area contributed by atoms with Crippen molar-refractivity contribution >= 4 is 0 Å². The standard InChI is InChI=1S/C10H14.C9H12/c1-7-5-9(3)10(4)6-8(7)2;1-7-4-5-8(2)9(3)6-7/h5-6H,1-4H3;4-6H,1-3H3. The molecular formula is C19H26. The summed E-state index contributed by atoms with van der Waals surface area (Å²) in [4.78, 5) is 0. The van der Waals surface area contributed by atoms with Gasteiger partial charge < -0.3 is 0 Å². The van der Waals surface area contributed by atoms with E-state index in [1.54, 1.807) is 0 Å². The third-order valence-electron chi connectivity index (χ3n) is 3.77. The summed E-state index contributed by atoms with van der Waals surface area (Å²) < 4.78 is 0. The van der Waals surface area contributed by atoms with Crippen LogP contribution in [0.1, 0.15) is 38.9 Å². The molecule has 0 bridgehead atoms. The maximum atomic E-state index is 2.24. The average molecular weight is 254 g/mol. The molecule has 0 spiro atoms. The van der Waals surface area contributed by atoms with Crippen molar-refractivity contribution in [1.29, 1.82) is 0 Å². The van der Waals surface area contributed by atoms with Crippen LogP contribution in [0.15, 0.2) is 30.3 Å². The summed E-state index contributed by atoms with van der Waals surface area (Å²) in [5.41, 5.74) is 9.67. The molecular weight excluding hydrogens is 228 g/mol. The molecule has 0 N–H and O–H groups in total. The minimum absolute atomic E-state index is 1.35. The molecule has 0 saturated carbocycles. The van der Waals surface area contributed by atoms with E-state index in [2.05, 4.69) is 78.8 Å². The van der Waals surface area contributed by atoms with E-state index in [4.69, 9.17) is 0 Å². The molecule has 102 valence electrons. The van der Waals surface area contributed by atoms with Crippen LogP contribution in [0.2, 0.25) is 0 Å². The zero-order chi connectivity index (χ0) is 14.6. The monoisotopic (exact) mass is 254 g/mol. The van der Waals surface area contributed by atoms with E-state index in [-0.39, 0.29) is 0 Å². The van der Waals surface area contributed by atoms with Crippen LogP contribution in [-0.2, 0) is 0 Å². The number of rotatable bonds is 0. The van der Waals surface area contributed by atoms with E-state index in [0.717, 1.165) is 0 Å². The van der Waals surface area contributed by atoms with E-state index < -0.39 is 0 Å². The van der Waals surface area contributed by atoms with Crippen LogP contribution < -0.4 is 0 Å². The highest BCUT2D eigenvalue weighted by Crippen LogP contribution is 2.13. The molecule has 19 heavy (non-hydrogen) atoms. The zero-order valence-corrected chi connectivity index (χ0v) is 13.4. The van der Waals surface area contributed by atoms with Crippen molar-refractivity contribution in [2.75, 3.05) is 0 Å². The Balaban J connectivity index is 0.000000191. The summed E-state index contributed by atoms with van der Waals surface area (Å²) in [6, 6.07) is 11.0. The molecule has 2 aromatic carbocycles. The topological polar surface area (TPSA) is 0 Å². The summed E-state index contributed by atoms with van der Waals surface area (Å²) in [6.07, 6.45) is 0. The predicted molar refractivity (Wildman–Crippen MR) is 86.0 cm³/mol. The fourth-order valence-electron chi connectivity index (χ4n) is 2.00. The Morgan fingerprint density at radius 3 is 1.11 bits per heavy atom. The molecule has 0 radical (unpaired) electrons. The molecule has 0 aliphatic heterocycles. The van der Waals surface area contributed by atoms with Gasteiger partial charge in [0.2, 0.25) is 0 Å². The normalized spacial score (nSPS) is 9.84. The van der Waals surface area contributed by atoms with Gasteiger partial charge in [-0.2, -0.15) is 0 Å². The number of hydrogen-bond donors (Lipinski definition) is 0. The molecule has 0 aliphatic carbocycles. The lowest BCUT2D eigenvalue weighted by Gasteiger charge is -2.04. The van der Waals surface area contributed by atoms with E-state index in [9.17, 15) is 0 Å². The Labute approximate surface area is 118 Å². The zero-order valence-electron chi connectivity index (χ0n) is 13.4. The predicted octanol–water partition coefficient (Wildman–Crippen LogP) is 5.53. The minimum Gasteiger partial charge on any atom is -0.0590 e. The van der Waals surface area contributed by atoms with E-state index in [1.165, 1.54) is 38.9 Å². The maximum Gasteiger partial charge on any atom is -0.0395 e. The van der Waals surface area contributed by atoms with Crippen LogP contribution in [0.4, 0.5) is 0 Å². The second kappa shape index (κ2) is 6.56. The molecule has 0 heterocycles. The van der Waals surface area contributed by atoms with Crippen LogP contribution in [0.3, 0.4) is 0 Å². The van der Waals surface area contributed by atoms with Crippen LogP contribution in [0.25, 0.3) is 0 Å². The summed E-state index contributed by atoms with van der Waals surface area (Å²) in [5, 5.41) is 0. The van der Waals surface area contributed by atoms with Crippen molar-refractivity contribution in [3.63, 3.8) is 0 Å². The number of aryl methyl sites for hydroxylation is 7. The Morgan fingerprint density at radius 2 is 0.789 bits per heavy atom. The van der Waals surface area contributed by atoms with Gasteiger partial charge in [-0.1, -0.05) is 35.9 Å². The van der Waals surface area contributed by atoms with Crippen LogP contribution in [-0.4, -0.2) is 0 Å². The second-order valence-electron chi connectivity index (χ2n) is 5.61. The smallest absolute Gasteiger partial charge is 0.0395 e. The molecule has 2 rings (SSSR count). The molecule has 0 atom stereocenters. The van der Waals surface area contributed by atoms with Crippen molar-refractivity contribution in [3.8, 4) is 0 Å². The Kier molecular flexibility index (Phi) is 5.35. The van der Waals surface area contributed by atoms with E-state index in [1.807, 2.05) is 0 Å². The third kappa shape index (κ3) is 4.55. The average Bonchev–Trinajstić information content (AvgIpc) is 2.33. The highest BCUT2D eigenvalue weighted by molar-refractivity contribution is 5.35. The first kappa shape index (κ1) is 15.5. The highest BCUT2D eigenvalue weighted by atomic mass is 14.0. The van der Waals surface area contributed by atoms with Gasteiger partial charge >= 0.3 is 0 Å². The fourth-order valence-corrected chi connectivity index (χ4v) is 2.00. The molecule has 2 aromatic rings. The molecule has 0 aliphatic rings. The number of hydrogen-bond acceptors (Lipinski definition) is 0. The molecule has 0 nitrogen and oxygen atoms in total. The van der Waals surface area contributed by atoms with Gasteiger partial charge in [-0.25, -0.2) is 0 Å². The summed E-state index contributed by atoms with van der Waals surface area (Å²) in [5.74, 6) is 0. The SMILES string of the molecule is Cc1cc(C)c(C)cc1C.Cc1ccc(C)c(C)c1. The lowest BCUT2D eigenvalue weighted by molar-refractivity contribution is 1.24. The Morgan fingerprint density at radius 1 is 0.421 bits per heavy atom. The number of benzene rings is 2.